The van der Waals surface area contributed by atoms with Gasteiger partial charge in [0.05, 0.1) is 19.3 Å². The van der Waals surface area contributed by atoms with E-state index in [1.54, 1.807) is 0 Å². The van der Waals surface area contributed by atoms with Gasteiger partial charge < -0.3 is 9.47 Å². The lowest BCUT2D eigenvalue weighted by Gasteiger charge is -2.10. The minimum absolute atomic E-state index is 0.00973. The van der Waals surface area contributed by atoms with Crippen LogP contribution in [0.5, 0.6) is 0 Å². The van der Waals surface area contributed by atoms with Crippen molar-refractivity contribution < 1.29 is 17.9 Å². The molecule has 2 N–H and O–H groups in total. The molecule has 0 bridgehead atoms. The normalized spacial score (nSPS) is 12.3. The van der Waals surface area contributed by atoms with Gasteiger partial charge in [-0.2, -0.15) is 0 Å². The molecule has 1 aromatic heterocycles. The zero-order chi connectivity index (χ0) is 13.8. The van der Waals surface area contributed by atoms with E-state index in [0.29, 0.717) is 19.0 Å². The maximum Gasteiger partial charge on any atom is 0.273 e. The van der Waals surface area contributed by atoms with Crippen LogP contribution in [0.4, 0.5) is 0 Å². The molecule has 18 heavy (non-hydrogen) atoms. The minimum atomic E-state index is -3.90. The van der Waals surface area contributed by atoms with Gasteiger partial charge in [-0.1, -0.05) is 0 Å². The Kier molecular flexibility index (Phi) is 5.20. The van der Waals surface area contributed by atoms with E-state index in [0.717, 1.165) is 0 Å². The Morgan fingerprint density at radius 1 is 1.39 bits per heavy atom. The van der Waals surface area contributed by atoms with Crippen LogP contribution in [0, 0.1) is 0 Å². The third-order valence-electron chi connectivity index (χ3n) is 2.11. The second-order valence-electron chi connectivity index (χ2n) is 3.95. The van der Waals surface area contributed by atoms with Crippen LogP contribution in [0.15, 0.2) is 5.16 Å². The van der Waals surface area contributed by atoms with Gasteiger partial charge in [-0.15, -0.1) is 10.2 Å². The summed E-state index contributed by atoms with van der Waals surface area (Å²) < 4.78 is 34.4. The Hall–Kier alpha value is -1.03. The molecule has 1 heterocycles. The molecule has 0 atom stereocenters. The molecular formula is C9H18N4O4S. The third-order valence-corrected chi connectivity index (χ3v) is 2.92. The summed E-state index contributed by atoms with van der Waals surface area (Å²) >= 11 is 0. The summed E-state index contributed by atoms with van der Waals surface area (Å²) in [5.74, 6) is 0.407. The predicted molar refractivity (Wildman–Crippen MR) is 63.2 cm³/mol. The van der Waals surface area contributed by atoms with Crippen molar-refractivity contribution >= 4 is 10.0 Å². The molecule has 0 aliphatic carbocycles. The second-order valence-corrected chi connectivity index (χ2v) is 5.40. The number of hydrogen-bond donors (Lipinski definition) is 1. The van der Waals surface area contributed by atoms with E-state index < -0.39 is 10.0 Å². The number of nitrogens with zero attached hydrogens (tertiary/aromatic N) is 3. The van der Waals surface area contributed by atoms with Crippen molar-refractivity contribution in [3.8, 4) is 0 Å². The molecule has 1 rings (SSSR count). The molecule has 0 radical (unpaired) electrons. The predicted octanol–water partition coefficient (Wildman–Crippen LogP) is -0.503. The largest absolute Gasteiger partial charge is 0.383 e. The zero-order valence-electron chi connectivity index (χ0n) is 10.7. The molecule has 0 aliphatic heterocycles. The molecule has 0 unspecified atom stereocenters. The lowest BCUT2D eigenvalue weighted by atomic mass is 10.5. The van der Waals surface area contributed by atoms with Gasteiger partial charge in [0.1, 0.15) is 6.61 Å². The van der Waals surface area contributed by atoms with Crippen LogP contribution in [-0.4, -0.2) is 43.0 Å². The van der Waals surface area contributed by atoms with Crippen molar-refractivity contribution in [3.05, 3.63) is 5.82 Å². The van der Waals surface area contributed by atoms with E-state index in [1.807, 2.05) is 13.8 Å². The number of ether oxygens (including phenoxy) is 2. The fraction of sp³-hybridized carbons (Fsp3) is 0.778. The Morgan fingerprint density at radius 2 is 2.06 bits per heavy atom. The highest BCUT2D eigenvalue weighted by molar-refractivity contribution is 7.89. The van der Waals surface area contributed by atoms with Gasteiger partial charge in [0.15, 0.2) is 5.82 Å². The maximum atomic E-state index is 11.3. The van der Waals surface area contributed by atoms with Crippen molar-refractivity contribution in [2.75, 3.05) is 13.7 Å². The molecule has 9 heteroatoms. The highest BCUT2D eigenvalue weighted by atomic mass is 32.2. The number of aromatic nitrogens is 3. The number of rotatable bonds is 7. The second kappa shape index (κ2) is 6.23. The molecule has 0 saturated heterocycles. The van der Waals surface area contributed by atoms with Crippen LogP contribution < -0.4 is 5.14 Å². The molecule has 104 valence electrons. The monoisotopic (exact) mass is 278 g/mol. The molecule has 8 nitrogen and oxygen atoms in total. The fourth-order valence-corrected chi connectivity index (χ4v) is 1.94. The molecule has 0 aliphatic rings. The lowest BCUT2D eigenvalue weighted by Crippen LogP contribution is -2.21. The number of methoxy groups -OCH3 is 1. The average molecular weight is 278 g/mol. The summed E-state index contributed by atoms with van der Waals surface area (Å²) in [5.41, 5.74) is 0. The first-order valence-corrected chi connectivity index (χ1v) is 6.96. The quantitative estimate of drug-likeness (QED) is 0.720. The summed E-state index contributed by atoms with van der Waals surface area (Å²) in [6.45, 7) is 4.54. The Bertz CT molecular complexity index is 483. The van der Waals surface area contributed by atoms with Crippen LogP contribution in [-0.2, 0) is 32.6 Å². The van der Waals surface area contributed by atoms with Crippen molar-refractivity contribution in [2.24, 2.45) is 5.14 Å². The number of primary sulfonamides is 1. The SMILES string of the molecule is COCCn1c(COC(C)C)nnc1S(N)(=O)=O. The molecule has 0 fully saturated rings. The summed E-state index contributed by atoms with van der Waals surface area (Å²) in [7, 11) is -2.38. The first kappa shape index (κ1) is 15.0. The first-order chi connectivity index (χ1) is 8.36. The maximum absolute atomic E-state index is 11.3. The zero-order valence-corrected chi connectivity index (χ0v) is 11.5. The Morgan fingerprint density at radius 3 is 2.56 bits per heavy atom. The number of sulfonamides is 1. The van der Waals surface area contributed by atoms with Gasteiger partial charge in [-0.3, -0.25) is 4.57 Å². The van der Waals surface area contributed by atoms with E-state index in [9.17, 15) is 8.42 Å². The highest BCUT2D eigenvalue weighted by Gasteiger charge is 2.21. The topological polar surface area (TPSA) is 109 Å². The standard InChI is InChI=1S/C9H18N4O4S/c1-7(2)17-6-8-11-12-9(18(10,14)15)13(8)4-5-16-3/h7H,4-6H2,1-3H3,(H2,10,14,15). The van der Waals surface area contributed by atoms with Gasteiger partial charge >= 0.3 is 0 Å². The van der Waals surface area contributed by atoms with Crippen molar-refractivity contribution in [1.29, 1.82) is 0 Å². The minimum Gasteiger partial charge on any atom is -0.383 e. The fourth-order valence-electron chi connectivity index (χ4n) is 1.28. The van der Waals surface area contributed by atoms with Gasteiger partial charge in [-0.05, 0) is 13.8 Å². The molecule has 0 aromatic carbocycles. The smallest absolute Gasteiger partial charge is 0.273 e. The molecule has 0 saturated carbocycles. The average Bonchev–Trinajstić information content (AvgIpc) is 2.66. The van der Waals surface area contributed by atoms with E-state index in [4.69, 9.17) is 14.6 Å². The summed E-state index contributed by atoms with van der Waals surface area (Å²) in [5, 5.41) is 12.2. The summed E-state index contributed by atoms with van der Waals surface area (Å²) in [4.78, 5) is 0. The Labute approximate surface area is 106 Å². The van der Waals surface area contributed by atoms with Crippen LogP contribution in [0.25, 0.3) is 0 Å². The van der Waals surface area contributed by atoms with Crippen molar-refractivity contribution in [2.45, 2.75) is 38.3 Å². The number of nitrogens with two attached hydrogens (primary N) is 1. The third kappa shape index (κ3) is 4.02. The molecular weight excluding hydrogens is 260 g/mol. The highest BCUT2D eigenvalue weighted by Crippen LogP contribution is 2.09. The van der Waals surface area contributed by atoms with Gasteiger partial charge in [-0.25, -0.2) is 13.6 Å². The van der Waals surface area contributed by atoms with Crippen LogP contribution in [0.3, 0.4) is 0 Å². The summed E-state index contributed by atoms with van der Waals surface area (Å²) in [6, 6.07) is 0. The lowest BCUT2D eigenvalue weighted by molar-refractivity contribution is 0.0580. The van der Waals surface area contributed by atoms with E-state index >= 15 is 0 Å². The van der Waals surface area contributed by atoms with Gasteiger partial charge in [0.25, 0.3) is 15.2 Å². The van der Waals surface area contributed by atoms with Crippen molar-refractivity contribution in [1.82, 2.24) is 14.8 Å². The first-order valence-electron chi connectivity index (χ1n) is 5.41. The van der Waals surface area contributed by atoms with Gasteiger partial charge in [0.2, 0.25) is 0 Å². The van der Waals surface area contributed by atoms with E-state index in [2.05, 4.69) is 10.2 Å². The number of hydrogen-bond acceptors (Lipinski definition) is 6. The molecule has 1 aromatic rings. The van der Waals surface area contributed by atoms with Crippen molar-refractivity contribution in [3.63, 3.8) is 0 Å². The van der Waals surface area contributed by atoms with Crippen LogP contribution >= 0.6 is 0 Å². The van der Waals surface area contributed by atoms with E-state index in [1.165, 1.54) is 11.7 Å². The Balaban J connectivity index is 2.99. The van der Waals surface area contributed by atoms with E-state index in [-0.39, 0.29) is 17.9 Å². The van der Waals surface area contributed by atoms with Crippen LogP contribution in [0.1, 0.15) is 19.7 Å². The van der Waals surface area contributed by atoms with Gasteiger partial charge in [0, 0.05) is 7.11 Å². The van der Waals surface area contributed by atoms with Crippen LogP contribution in [0.2, 0.25) is 0 Å². The molecule has 0 amide bonds. The summed E-state index contributed by atoms with van der Waals surface area (Å²) in [6.07, 6.45) is 0.00973. The molecule has 0 spiro atoms.